The average molecular weight is 422 g/mol. The number of anilines is 1. The van der Waals surface area contributed by atoms with Crippen LogP contribution in [-0.4, -0.2) is 28.0 Å². The molecule has 5 rings (SSSR count). The van der Waals surface area contributed by atoms with E-state index in [2.05, 4.69) is 16.2 Å². The van der Waals surface area contributed by atoms with Crippen molar-refractivity contribution in [1.29, 1.82) is 0 Å². The first kappa shape index (κ1) is 19.8. The van der Waals surface area contributed by atoms with Gasteiger partial charge in [-0.05, 0) is 62.5 Å². The summed E-state index contributed by atoms with van der Waals surface area (Å²) in [5, 5.41) is 18.8. The Morgan fingerprint density at radius 3 is 2.55 bits per heavy atom. The molecule has 3 aromatic rings. The Bertz CT molecular complexity index is 1130. The summed E-state index contributed by atoms with van der Waals surface area (Å²) in [6, 6.07) is 9.23. The molecule has 0 aliphatic heterocycles. The monoisotopic (exact) mass is 421 g/mol. The van der Waals surface area contributed by atoms with Gasteiger partial charge in [-0.3, -0.25) is 14.7 Å². The van der Waals surface area contributed by atoms with Crippen LogP contribution in [0, 0.1) is 18.8 Å². The normalized spacial score (nSPS) is 21.2. The predicted molar refractivity (Wildman–Crippen MR) is 117 cm³/mol. The minimum Gasteiger partial charge on any atom is -0.494 e. The van der Waals surface area contributed by atoms with Gasteiger partial charge in [-0.2, -0.15) is 5.10 Å². The number of pyridine rings is 1. The van der Waals surface area contributed by atoms with Gasteiger partial charge in [0, 0.05) is 41.4 Å². The molecule has 7 heteroatoms. The molecule has 0 saturated heterocycles. The molecule has 2 aromatic heterocycles. The SMILES string of the molecule is COc1cc2nn(C3CCC(C4CC4)CC3)cc2cc1NC(=O)c1cccc(C)[n+]1O. The van der Waals surface area contributed by atoms with Crippen molar-refractivity contribution in [3.63, 3.8) is 0 Å². The summed E-state index contributed by atoms with van der Waals surface area (Å²) in [6.45, 7) is 1.73. The highest BCUT2D eigenvalue weighted by atomic mass is 16.5. The summed E-state index contributed by atoms with van der Waals surface area (Å²) in [5.41, 5.74) is 2.14. The Morgan fingerprint density at radius 2 is 1.87 bits per heavy atom. The second-order valence-corrected chi connectivity index (χ2v) is 8.94. The standard InChI is InChI=1S/C24H28N4O3/c1-15-4-3-5-22(28(15)30)24(29)25-21-12-18-14-27(26-20(18)13-23(21)31-2)19-10-8-17(9-11-19)16-6-7-16/h3-5,12-14,16-17,19H,6-11H2,1-2H3,(H-,25,29,30)/p+1. The lowest BCUT2D eigenvalue weighted by Gasteiger charge is -2.28. The van der Waals surface area contributed by atoms with Crippen molar-refractivity contribution in [2.75, 3.05) is 12.4 Å². The van der Waals surface area contributed by atoms with Crippen LogP contribution in [0.2, 0.25) is 0 Å². The minimum atomic E-state index is -0.408. The maximum atomic E-state index is 12.8. The number of fused-ring (bicyclic) bond motifs is 1. The molecule has 0 unspecified atom stereocenters. The summed E-state index contributed by atoms with van der Waals surface area (Å²) in [4.78, 5) is 12.8. The quantitative estimate of drug-likeness (QED) is 0.476. The molecule has 2 fully saturated rings. The van der Waals surface area contributed by atoms with Crippen LogP contribution in [0.4, 0.5) is 5.69 Å². The fourth-order valence-electron chi connectivity index (χ4n) is 4.90. The van der Waals surface area contributed by atoms with E-state index in [1.807, 2.05) is 12.1 Å². The second kappa shape index (κ2) is 7.87. The molecule has 0 atom stereocenters. The summed E-state index contributed by atoms with van der Waals surface area (Å²) in [7, 11) is 1.58. The van der Waals surface area contributed by atoms with Crippen molar-refractivity contribution in [3.05, 3.63) is 47.9 Å². The first-order chi connectivity index (χ1) is 15.0. The Morgan fingerprint density at radius 1 is 1.16 bits per heavy atom. The van der Waals surface area contributed by atoms with Gasteiger partial charge in [0.1, 0.15) is 5.75 Å². The van der Waals surface area contributed by atoms with Crippen LogP contribution < -0.4 is 14.8 Å². The zero-order valence-corrected chi connectivity index (χ0v) is 18.0. The number of amides is 1. The molecule has 2 heterocycles. The Hall–Kier alpha value is -3.09. The maximum Gasteiger partial charge on any atom is 0.325 e. The Kier molecular flexibility index (Phi) is 5.04. The number of hydrogen-bond donors (Lipinski definition) is 2. The van der Waals surface area contributed by atoms with Crippen LogP contribution in [0.25, 0.3) is 10.9 Å². The van der Waals surface area contributed by atoms with Crippen molar-refractivity contribution in [2.45, 2.75) is 51.5 Å². The molecule has 2 aliphatic carbocycles. The molecule has 0 radical (unpaired) electrons. The van der Waals surface area contributed by atoms with Gasteiger partial charge in [-0.25, -0.2) is 0 Å². The third-order valence-electron chi connectivity index (χ3n) is 6.88. The van der Waals surface area contributed by atoms with Gasteiger partial charge >= 0.3 is 11.6 Å². The van der Waals surface area contributed by atoms with Crippen LogP contribution in [0.15, 0.2) is 36.5 Å². The number of hydrogen-bond acceptors (Lipinski definition) is 4. The molecule has 2 N–H and O–H groups in total. The van der Waals surface area contributed by atoms with E-state index in [9.17, 15) is 10.0 Å². The molecule has 0 bridgehead atoms. The van der Waals surface area contributed by atoms with E-state index in [0.717, 1.165) is 27.5 Å². The number of carbonyl (C=O) groups is 1. The van der Waals surface area contributed by atoms with E-state index >= 15 is 0 Å². The highest BCUT2D eigenvalue weighted by Crippen LogP contribution is 2.46. The first-order valence-electron chi connectivity index (χ1n) is 11.1. The Labute approximate surface area is 181 Å². The zero-order valence-electron chi connectivity index (χ0n) is 18.0. The lowest BCUT2D eigenvalue weighted by atomic mass is 9.83. The van der Waals surface area contributed by atoms with Crippen molar-refractivity contribution >= 4 is 22.5 Å². The number of rotatable bonds is 5. The van der Waals surface area contributed by atoms with Crippen LogP contribution >= 0.6 is 0 Å². The minimum absolute atomic E-state index is 0.158. The van der Waals surface area contributed by atoms with E-state index in [0.29, 0.717) is 23.2 Å². The maximum absolute atomic E-state index is 12.8. The average Bonchev–Trinajstić information content (AvgIpc) is 3.55. The summed E-state index contributed by atoms with van der Waals surface area (Å²) in [6.07, 6.45) is 9.88. The van der Waals surface area contributed by atoms with E-state index in [4.69, 9.17) is 9.84 Å². The molecule has 2 aliphatic rings. The third kappa shape index (κ3) is 3.84. The van der Waals surface area contributed by atoms with Crippen LogP contribution in [-0.2, 0) is 0 Å². The van der Waals surface area contributed by atoms with Gasteiger partial charge in [-0.15, -0.1) is 0 Å². The fraction of sp³-hybridized carbons (Fsp3) is 0.458. The zero-order chi connectivity index (χ0) is 21.5. The van der Waals surface area contributed by atoms with E-state index < -0.39 is 5.91 Å². The number of nitrogens with one attached hydrogen (secondary N) is 1. The summed E-state index contributed by atoms with van der Waals surface area (Å²) < 4.78 is 8.50. The summed E-state index contributed by atoms with van der Waals surface area (Å²) in [5.74, 6) is 2.04. The van der Waals surface area contributed by atoms with Gasteiger partial charge < -0.3 is 10.1 Å². The van der Waals surface area contributed by atoms with E-state index in [-0.39, 0.29) is 5.69 Å². The highest BCUT2D eigenvalue weighted by molar-refractivity contribution is 6.04. The second-order valence-electron chi connectivity index (χ2n) is 8.94. The lowest BCUT2D eigenvalue weighted by Crippen LogP contribution is -2.42. The smallest absolute Gasteiger partial charge is 0.325 e. The van der Waals surface area contributed by atoms with E-state index in [1.165, 1.54) is 38.5 Å². The van der Waals surface area contributed by atoms with Crippen molar-refractivity contribution in [2.24, 2.45) is 11.8 Å². The number of aryl methyl sites for hydroxylation is 1. The van der Waals surface area contributed by atoms with Gasteiger partial charge in [0.25, 0.3) is 0 Å². The molecule has 2 saturated carbocycles. The van der Waals surface area contributed by atoms with Gasteiger partial charge in [0.2, 0.25) is 5.69 Å². The van der Waals surface area contributed by atoms with Gasteiger partial charge in [0.05, 0.1) is 24.4 Å². The molecule has 162 valence electrons. The number of carbonyl (C=O) groups excluding carboxylic acids is 1. The van der Waals surface area contributed by atoms with Crippen LogP contribution in [0.3, 0.4) is 0 Å². The third-order valence-corrected chi connectivity index (χ3v) is 6.88. The number of nitrogens with zero attached hydrogens (tertiary/aromatic N) is 3. The van der Waals surface area contributed by atoms with Crippen LogP contribution in [0.1, 0.15) is 60.7 Å². The topological polar surface area (TPSA) is 80.3 Å². The molecule has 7 nitrogen and oxygen atoms in total. The van der Waals surface area contributed by atoms with E-state index in [1.54, 1.807) is 32.2 Å². The largest absolute Gasteiger partial charge is 0.494 e. The van der Waals surface area contributed by atoms with Gasteiger partial charge in [-0.1, -0.05) is 0 Å². The highest BCUT2D eigenvalue weighted by Gasteiger charge is 2.34. The first-order valence-corrected chi connectivity index (χ1v) is 11.1. The van der Waals surface area contributed by atoms with Crippen molar-refractivity contribution in [3.8, 4) is 5.75 Å². The molecule has 1 amide bonds. The molecule has 31 heavy (non-hydrogen) atoms. The van der Waals surface area contributed by atoms with Gasteiger partial charge in [0.15, 0.2) is 0 Å². The number of benzene rings is 1. The molecule has 1 aromatic carbocycles. The molecule has 0 spiro atoms. The van der Waals surface area contributed by atoms with Crippen molar-refractivity contribution in [1.82, 2.24) is 9.78 Å². The number of methoxy groups -OCH3 is 1. The fourth-order valence-corrected chi connectivity index (χ4v) is 4.90. The Balaban J connectivity index is 1.38. The number of ether oxygens (including phenoxy) is 1. The lowest BCUT2D eigenvalue weighted by molar-refractivity contribution is -0.909. The van der Waals surface area contributed by atoms with Crippen molar-refractivity contribution < 1.29 is 19.5 Å². The number of aromatic nitrogens is 3. The summed E-state index contributed by atoms with van der Waals surface area (Å²) >= 11 is 0. The molecular weight excluding hydrogens is 392 g/mol. The molecular formula is C24H29N4O3+. The predicted octanol–water partition coefficient (Wildman–Crippen LogP) is 4.27. The van der Waals surface area contributed by atoms with Crippen LogP contribution in [0.5, 0.6) is 5.75 Å².